The number of nitrogens with zero attached hydrogens (tertiary/aromatic N) is 6. The van der Waals surface area contributed by atoms with Gasteiger partial charge in [0.05, 0.1) is 46.3 Å². The number of carbonyl (C=O) groups is 3. The number of benzene rings is 1. The van der Waals surface area contributed by atoms with Crippen LogP contribution in [-0.4, -0.2) is 67.1 Å². The monoisotopic (exact) mass is 555 g/mol. The summed E-state index contributed by atoms with van der Waals surface area (Å²) in [6, 6.07) is 7.08. The maximum Gasteiger partial charge on any atom is 0.273 e. The molecule has 12 heteroatoms. The summed E-state index contributed by atoms with van der Waals surface area (Å²) in [6.07, 6.45) is 0.440. The van der Waals surface area contributed by atoms with E-state index < -0.39 is 12.1 Å². The number of aryl methyl sites for hydroxylation is 1. The van der Waals surface area contributed by atoms with Crippen LogP contribution in [0.4, 0.5) is 0 Å². The zero-order valence-corrected chi connectivity index (χ0v) is 22.9. The number of hydrogen-bond acceptors (Lipinski definition) is 6. The van der Waals surface area contributed by atoms with Gasteiger partial charge in [0, 0.05) is 30.6 Å². The fraction of sp³-hybridized carbons (Fsp3) is 0.385. The van der Waals surface area contributed by atoms with Crippen molar-refractivity contribution >= 4 is 40.9 Å². The molecule has 3 atom stereocenters. The molecule has 0 aliphatic carbocycles. The molecule has 5 rings (SSSR count). The molecule has 0 bridgehead atoms. The van der Waals surface area contributed by atoms with Crippen LogP contribution in [0.1, 0.15) is 69.4 Å². The fourth-order valence-electron chi connectivity index (χ4n) is 5.05. The van der Waals surface area contributed by atoms with E-state index >= 15 is 0 Å². The lowest BCUT2D eigenvalue weighted by atomic mass is 9.96. The molecule has 4 heterocycles. The first-order chi connectivity index (χ1) is 18.1. The third-order valence-electron chi connectivity index (χ3n) is 7.26. The summed E-state index contributed by atoms with van der Waals surface area (Å²) in [6.45, 7) is 5.93. The Labute approximate surface area is 229 Å². The first-order valence-corrected chi connectivity index (χ1v) is 13.0. The van der Waals surface area contributed by atoms with Crippen molar-refractivity contribution in [3.05, 3.63) is 74.3 Å². The molecule has 0 fully saturated rings. The normalized spacial score (nSPS) is 19.6. The zero-order chi connectivity index (χ0) is 27.3. The van der Waals surface area contributed by atoms with Crippen LogP contribution in [0.25, 0.3) is 0 Å². The minimum Gasteiger partial charge on any atom is -0.357 e. The Kier molecular flexibility index (Phi) is 6.87. The van der Waals surface area contributed by atoms with Gasteiger partial charge in [-0.2, -0.15) is 15.3 Å². The molecule has 0 spiro atoms. The van der Waals surface area contributed by atoms with E-state index in [0.717, 1.165) is 5.69 Å². The highest BCUT2D eigenvalue weighted by molar-refractivity contribution is 6.42. The predicted octanol–water partition coefficient (Wildman–Crippen LogP) is 3.38. The van der Waals surface area contributed by atoms with Gasteiger partial charge in [-0.1, -0.05) is 23.2 Å². The topological polar surface area (TPSA) is 113 Å². The van der Waals surface area contributed by atoms with Crippen molar-refractivity contribution in [3.8, 4) is 0 Å². The van der Waals surface area contributed by atoms with Crippen LogP contribution in [0.3, 0.4) is 0 Å². The lowest BCUT2D eigenvalue weighted by molar-refractivity contribution is -0.125. The third-order valence-corrected chi connectivity index (χ3v) is 8.00. The summed E-state index contributed by atoms with van der Waals surface area (Å²) in [5, 5.41) is 16.4. The predicted molar refractivity (Wildman–Crippen MR) is 141 cm³/mol. The molecule has 3 amide bonds. The van der Waals surface area contributed by atoms with Crippen LogP contribution in [0, 0.1) is 6.92 Å². The highest BCUT2D eigenvalue weighted by atomic mass is 35.5. The molecule has 1 aromatic carbocycles. The van der Waals surface area contributed by atoms with Crippen molar-refractivity contribution in [2.45, 2.75) is 51.9 Å². The summed E-state index contributed by atoms with van der Waals surface area (Å²) >= 11 is 12.2. The average Bonchev–Trinajstić information content (AvgIpc) is 3.27. The first kappa shape index (κ1) is 26.1. The molecule has 1 unspecified atom stereocenters. The van der Waals surface area contributed by atoms with Gasteiger partial charge in [-0.3, -0.25) is 14.4 Å². The lowest BCUT2D eigenvalue weighted by Crippen LogP contribution is -2.49. The molecule has 3 aromatic rings. The van der Waals surface area contributed by atoms with Gasteiger partial charge in [0.15, 0.2) is 0 Å². The Hall–Kier alpha value is -3.50. The highest BCUT2D eigenvalue weighted by Gasteiger charge is 2.43. The van der Waals surface area contributed by atoms with Gasteiger partial charge in [0.1, 0.15) is 11.7 Å². The minimum atomic E-state index is -0.728. The zero-order valence-electron chi connectivity index (χ0n) is 21.4. The number of nitrogens with one attached hydrogen (secondary N) is 1. The van der Waals surface area contributed by atoms with Gasteiger partial charge in [-0.15, -0.1) is 0 Å². The first-order valence-electron chi connectivity index (χ1n) is 12.3. The Morgan fingerprint density at radius 3 is 2.55 bits per heavy atom. The second-order valence-corrected chi connectivity index (χ2v) is 10.5. The smallest absolute Gasteiger partial charge is 0.273 e. The number of fused-ring (bicyclic) bond motifs is 3. The Morgan fingerprint density at radius 2 is 1.89 bits per heavy atom. The van der Waals surface area contributed by atoms with Crippen molar-refractivity contribution in [2.75, 3.05) is 13.6 Å². The Balaban J connectivity index is 1.54. The maximum absolute atomic E-state index is 13.9. The third kappa shape index (κ3) is 4.41. The number of aromatic nitrogens is 4. The van der Waals surface area contributed by atoms with E-state index in [2.05, 4.69) is 15.5 Å². The van der Waals surface area contributed by atoms with Crippen molar-refractivity contribution in [3.63, 3.8) is 0 Å². The molecule has 10 nitrogen and oxygen atoms in total. The number of likely N-dealkylation sites (N-methyl/N-ethyl adjacent to an activating group) is 1. The molecule has 1 N–H and O–H groups in total. The van der Waals surface area contributed by atoms with Crippen molar-refractivity contribution in [2.24, 2.45) is 0 Å². The van der Waals surface area contributed by atoms with E-state index in [0.29, 0.717) is 44.7 Å². The molecule has 198 valence electrons. The van der Waals surface area contributed by atoms with Gasteiger partial charge in [0.2, 0.25) is 5.91 Å². The van der Waals surface area contributed by atoms with Gasteiger partial charge < -0.3 is 15.1 Å². The summed E-state index contributed by atoms with van der Waals surface area (Å²) in [4.78, 5) is 43.7. The van der Waals surface area contributed by atoms with E-state index in [1.807, 2.05) is 32.9 Å². The van der Waals surface area contributed by atoms with Crippen LogP contribution in [0.5, 0.6) is 0 Å². The fourth-order valence-corrected chi connectivity index (χ4v) is 5.35. The minimum absolute atomic E-state index is 0.129. The summed E-state index contributed by atoms with van der Waals surface area (Å²) < 4.78 is 1.52. The largest absolute Gasteiger partial charge is 0.357 e. The Bertz CT molecular complexity index is 1440. The SMILES string of the molecule is CNC(=O)[C@@H]1CN(C(C)c2ccc(C)nn2)C(=O)c2c3c(nn21)C[C@@H](C)N(C(=O)c1ccc(Cl)c(Cl)c1)C3. The Morgan fingerprint density at radius 1 is 1.13 bits per heavy atom. The second kappa shape index (κ2) is 9.99. The molecule has 0 saturated heterocycles. The lowest BCUT2D eigenvalue weighted by Gasteiger charge is -2.37. The van der Waals surface area contributed by atoms with Gasteiger partial charge in [-0.25, -0.2) is 4.68 Å². The van der Waals surface area contributed by atoms with E-state index in [4.69, 9.17) is 28.3 Å². The molecular formula is C26H27Cl2N7O3. The van der Waals surface area contributed by atoms with Gasteiger partial charge >= 0.3 is 0 Å². The van der Waals surface area contributed by atoms with Crippen LogP contribution >= 0.6 is 23.2 Å². The number of amides is 3. The summed E-state index contributed by atoms with van der Waals surface area (Å²) in [7, 11) is 1.56. The van der Waals surface area contributed by atoms with Crippen molar-refractivity contribution in [1.82, 2.24) is 35.1 Å². The molecule has 2 aromatic heterocycles. The van der Waals surface area contributed by atoms with E-state index in [1.165, 1.54) is 4.68 Å². The maximum atomic E-state index is 13.9. The highest BCUT2D eigenvalue weighted by Crippen LogP contribution is 2.35. The molecule has 2 aliphatic rings. The second-order valence-electron chi connectivity index (χ2n) is 9.70. The summed E-state index contributed by atoms with van der Waals surface area (Å²) in [5.41, 5.74) is 3.44. The van der Waals surface area contributed by atoms with E-state index in [9.17, 15) is 14.4 Å². The molecule has 0 radical (unpaired) electrons. The van der Waals surface area contributed by atoms with Crippen LogP contribution < -0.4 is 5.32 Å². The molecule has 38 heavy (non-hydrogen) atoms. The number of rotatable bonds is 4. The van der Waals surface area contributed by atoms with E-state index in [-0.39, 0.29) is 36.9 Å². The molecule has 0 saturated carbocycles. The summed E-state index contributed by atoms with van der Waals surface area (Å²) in [5.74, 6) is -0.763. The van der Waals surface area contributed by atoms with Crippen LogP contribution in [-0.2, 0) is 17.8 Å². The number of hydrogen-bond donors (Lipinski definition) is 1. The molecular weight excluding hydrogens is 529 g/mol. The van der Waals surface area contributed by atoms with Gasteiger partial charge in [-0.05, 0) is 51.1 Å². The van der Waals surface area contributed by atoms with Crippen molar-refractivity contribution < 1.29 is 14.4 Å². The van der Waals surface area contributed by atoms with E-state index in [1.54, 1.807) is 35.0 Å². The van der Waals surface area contributed by atoms with Gasteiger partial charge in [0.25, 0.3) is 11.8 Å². The quantitative estimate of drug-likeness (QED) is 0.527. The van der Waals surface area contributed by atoms with Crippen molar-refractivity contribution in [1.29, 1.82) is 0 Å². The average molecular weight is 556 g/mol. The standard InChI is InChI=1S/C26H27Cl2N7O3/c1-13-5-8-20(31-30-13)15(3)34-12-22(24(36)29-4)35-23(26(34)38)17-11-33(14(2)9-21(17)32-35)25(37)16-6-7-18(27)19(28)10-16/h5-8,10,14-15,22H,9,11-12H2,1-4H3,(H,29,36)/t14-,15?,22+/m1/s1. The van der Waals surface area contributed by atoms with Crippen LogP contribution in [0.2, 0.25) is 10.0 Å². The van der Waals surface area contributed by atoms with Crippen LogP contribution in [0.15, 0.2) is 30.3 Å². The number of carbonyl (C=O) groups excluding carboxylic acids is 3. The number of halogens is 2. The molecule has 2 aliphatic heterocycles.